The maximum atomic E-state index is 14.1. The summed E-state index contributed by atoms with van der Waals surface area (Å²) in [6, 6.07) is 11.6. The minimum Gasteiger partial charge on any atom is -0.385 e. The molecule has 2 N–H and O–H groups in total. The Morgan fingerprint density at radius 3 is 2.46 bits per heavy atom. The van der Waals surface area contributed by atoms with Crippen molar-refractivity contribution >= 4 is 23.4 Å². The molecule has 3 rings (SSSR count). The minimum atomic E-state index is -0.911. The van der Waals surface area contributed by atoms with Gasteiger partial charge in [0.15, 0.2) is 0 Å². The maximum Gasteiger partial charge on any atom is 0.322 e. The number of benzene rings is 2. The largest absolute Gasteiger partial charge is 0.385 e. The molecule has 0 spiro atoms. The van der Waals surface area contributed by atoms with Crippen LogP contribution in [0.5, 0.6) is 0 Å². The van der Waals surface area contributed by atoms with E-state index in [9.17, 15) is 18.4 Å². The fourth-order valence-corrected chi connectivity index (χ4v) is 3.61. The second kappa shape index (κ2) is 12.0. The molecule has 10 heteroatoms. The van der Waals surface area contributed by atoms with Crippen LogP contribution in [0.3, 0.4) is 0 Å². The highest BCUT2D eigenvalue weighted by Crippen LogP contribution is 2.27. The first kappa shape index (κ1) is 27.8. The Hall–Kier alpha value is -3.79. The minimum absolute atomic E-state index is 0.181. The first-order valence-corrected chi connectivity index (χ1v) is 12.0. The van der Waals surface area contributed by atoms with Crippen LogP contribution in [0.2, 0.25) is 0 Å². The third kappa shape index (κ3) is 7.36. The van der Waals surface area contributed by atoms with E-state index < -0.39 is 23.6 Å². The van der Waals surface area contributed by atoms with E-state index in [0.29, 0.717) is 24.9 Å². The predicted octanol–water partition coefficient (Wildman–Crippen LogP) is 5.27. The number of amides is 3. The molecular formula is C27H33F2N5O3. The molecule has 0 radical (unpaired) electrons. The first-order valence-electron chi connectivity index (χ1n) is 12.0. The number of nitrogens with one attached hydrogen (secondary N) is 2. The number of aryl methyl sites for hydroxylation is 1. The zero-order valence-corrected chi connectivity index (χ0v) is 21.8. The lowest BCUT2D eigenvalue weighted by Crippen LogP contribution is -2.41. The molecule has 0 fully saturated rings. The van der Waals surface area contributed by atoms with Crippen molar-refractivity contribution in [3.63, 3.8) is 0 Å². The molecule has 3 aromatic rings. The second-order valence-corrected chi connectivity index (χ2v) is 9.73. The van der Waals surface area contributed by atoms with Crippen LogP contribution in [-0.2, 0) is 14.9 Å². The number of carbonyl (C=O) groups is 2. The number of ether oxygens (including phenoxy) is 1. The van der Waals surface area contributed by atoms with Crippen molar-refractivity contribution in [3.05, 3.63) is 71.4 Å². The zero-order valence-electron chi connectivity index (χ0n) is 21.8. The Labute approximate surface area is 215 Å². The molecule has 0 atom stereocenters. The SMILES string of the molecule is COCCCN(CC(=O)Nc1cc(C(C)(C)C)nn1-c1ccccc1C)C(=O)Nc1ccc(F)cc1F. The predicted molar refractivity (Wildman–Crippen MR) is 139 cm³/mol. The van der Waals surface area contributed by atoms with Gasteiger partial charge >= 0.3 is 6.03 Å². The molecule has 37 heavy (non-hydrogen) atoms. The van der Waals surface area contributed by atoms with Crippen LogP contribution in [0.15, 0.2) is 48.5 Å². The second-order valence-electron chi connectivity index (χ2n) is 9.73. The van der Waals surface area contributed by atoms with E-state index in [2.05, 4.69) is 10.6 Å². The van der Waals surface area contributed by atoms with Crippen molar-refractivity contribution in [2.45, 2.75) is 39.5 Å². The van der Waals surface area contributed by atoms with Gasteiger partial charge in [0.25, 0.3) is 0 Å². The molecular weight excluding hydrogens is 480 g/mol. The van der Waals surface area contributed by atoms with Gasteiger partial charge in [0.05, 0.1) is 17.1 Å². The number of nitrogens with zero attached hydrogens (tertiary/aromatic N) is 3. The number of para-hydroxylation sites is 1. The molecule has 8 nitrogen and oxygen atoms in total. The van der Waals surface area contributed by atoms with Gasteiger partial charge in [-0.05, 0) is 37.1 Å². The van der Waals surface area contributed by atoms with Gasteiger partial charge in [0.1, 0.15) is 24.0 Å². The summed E-state index contributed by atoms with van der Waals surface area (Å²) in [6.45, 7) is 8.28. The van der Waals surface area contributed by atoms with Crippen LogP contribution in [0, 0.1) is 18.6 Å². The molecule has 0 saturated carbocycles. The molecule has 2 aromatic carbocycles. The average molecular weight is 514 g/mol. The number of halogens is 2. The standard InChI is InChI=1S/C27H33F2N5O3/c1-18-9-6-7-10-22(18)34-24(16-23(32-34)27(2,3)4)31-25(35)17-33(13-8-14-37-5)26(36)30-21-12-11-19(28)15-20(21)29/h6-7,9-12,15-16H,8,13-14,17H2,1-5H3,(H,30,36)(H,31,35). The Kier molecular flexibility index (Phi) is 8.99. The molecule has 1 aromatic heterocycles. The van der Waals surface area contributed by atoms with Crippen molar-refractivity contribution < 1.29 is 23.1 Å². The van der Waals surface area contributed by atoms with Crippen LogP contribution in [0.1, 0.15) is 38.4 Å². The molecule has 0 saturated heterocycles. The van der Waals surface area contributed by atoms with E-state index in [4.69, 9.17) is 9.84 Å². The van der Waals surface area contributed by atoms with Crippen LogP contribution in [-0.4, -0.2) is 53.4 Å². The normalized spacial score (nSPS) is 11.3. The molecule has 3 amide bonds. The number of urea groups is 1. The summed E-state index contributed by atoms with van der Waals surface area (Å²) in [7, 11) is 1.53. The molecule has 0 aliphatic rings. The van der Waals surface area contributed by atoms with Gasteiger partial charge in [-0.15, -0.1) is 0 Å². The van der Waals surface area contributed by atoms with Crippen molar-refractivity contribution in [1.29, 1.82) is 0 Å². The van der Waals surface area contributed by atoms with Crippen molar-refractivity contribution in [1.82, 2.24) is 14.7 Å². The van der Waals surface area contributed by atoms with Crippen molar-refractivity contribution in [2.24, 2.45) is 0 Å². The quantitative estimate of drug-likeness (QED) is 0.382. The summed E-state index contributed by atoms with van der Waals surface area (Å²) in [4.78, 5) is 27.3. The van der Waals surface area contributed by atoms with Crippen molar-refractivity contribution in [2.75, 3.05) is 37.4 Å². The van der Waals surface area contributed by atoms with E-state index >= 15 is 0 Å². The van der Waals surface area contributed by atoms with Gasteiger partial charge in [-0.3, -0.25) is 4.79 Å². The highest BCUT2D eigenvalue weighted by atomic mass is 19.1. The van der Waals surface area contributed by atoms with E-state index in [1.807, 2.05) is 58.0 Å². The Morgan fingerprint density at radius 2 is 1.81 bits per heavy atom. The zero-order chi connectivity index (χ0) is 27.2. The van der Waals surface area contributed by atoms with Crippen LogP contribution < -0.4 is 10.6 Å². The maximum absolute atomic E-state index is 14.1. The van der Waals surface area contributed by atoms with Gasteiger partial charge < -0.3 is 20.3 Å². The fourth-order valence-electron chi connectivity index (χ4n) is 3.61. The number of anilines is 2. The van der Waals surface area contributed by atoms with Gasteiger partial charge in [0, 0.05) is 37.8 Å². The summed E-state index contributed by atoms with van der Waals surface area (Å²) >= 11 is 0. The molecule has 198 valence electrons. The third-order valence-corrected chi connectivity index (χ3v) is 5.66. The van der Waals surface area contributed by atoms with E-state index in [1.165, 1.54) is 12.0 Å². The lowest BCUT2D eigenvalue weighted by atomic mass is 9.92. The molecule has 0 aliphatic carbocycles. The van der Waals surface area contributed by atoms with Crippen molar-refractivity contribution in [3.8, 4) is 5.69 Å². The van der Waals surface area contributed by atoms with E-state index in [1.54, 1.807) is 4.68 Å². The molecule has 0 aliphatic heterocycles. The topological polar surface area (TPSA) is 88.5 Å². The lowest BCUT2D eigenvalue weighted by Gasteiger charge is -2.23. The highest BCUT2D eigenvalue weighted by Gasteiger charge is 2.24. The van der Waals surface area contributed by atoms with Crippen LogP contribution in [0.4, 0.5) is 25.1 Å². The molecule has 0 bridgehead atoms. The van der Waals surface area contributed by atoms with Crippen LogP contribution in [0.25, 0.3) is 5.69 Å². The van der Waals surface area contributed by atoms with Crippen LogP contribution >= 0.6 is 0 Å². The Bertz CT molecular complexity index is 1250. The summed E-state index contributed by atoms with van der Waals surface area (Å²) in [5.74, 6) is -1.66. The fraction of sp³-hybridized carbons (Fsp3) is 0.370. The summed E-state index contributed by atoms with van der Waals surface area (Å²) < 4.78 is 34.1. The summed E-state index contributed by atoms with van der Waals surface area (Å²) in [6.07, 6.45) is 0.457. The smallest absolute Gasteiger partial charge is 0.322 e. The number of hydrogen-bond donors (Lipinski definition) is 2. The summed E-state index contributed by atoms with van der Waals surface area (Å²) in [5, 5.41) is 10.0. The lowest BCUT2D eigenvalue weighted by molar-refractivity contribution is -0.116. The number of methoxy groups -OCH3 is 1. The van der Waals surface area contributed by atoms with E-state index in [-0.39, 0.29) is 24.2 Å². The number of rotatable bonds is 9. The highest BCUT2D eigenvalue weighted by molar-refractivity contribution is 5.96. The van der Waals surface area contributed by atoms with Gasteiger partial charge in [-0.2, -0.15) is 5.10 Å². The van der Waals surface area contributed by atoms with E-state index in [0.717, 1.165) is 29.1 Å². The van der Waals surface area contributed by atoms with Gasteiger partial charge in [0.2, 0.25) is 5.91 Å². The number of carbonyl (C=O) groups excluding carboxylic acids is 2. The van der Waals surface area contributed by atoms with Gasteiger partial charge in [-0.1, -0.05) is 39.0 Å². The van der Waals surface area contributed by atoms with Gasteiger partial charge in [-0.25, -0.2) is 18.3 Å². The summed E-state index contributed by atoms with van der Waals surface area (Å²) in [5.41, 5.74) is 2.13. The number of aromatic nitrogens is 2. The number of hydrogen-bond acceptors (Lipinski definition) is 4. The Balaban J connectivity index is 1.82. The third-order valence-electron chi connectivity index (χ3n) is 5.66. The molecule has 0 unspecified atom stereocenters. The molecule has 1 heterocycles. The first-order chi connectivity index (χ1) is 17.5. The Morgan fingerprint density at radius 1 is 1.08 bits per heavy atom. The average Bonchev–Trinajstić information content (AvgIpc) is 3.24. The monoisotopic (exact) mass is 513 g/mol.